The molecule has 0 saturated heterocycles. The van der Waals surface area contributed by atoms with Gasteiger partial charge in [-0.3, -0.25) is 9.59 Å². The number of carbonyl (C=O) groups is 2. The number of amides is 2. The second kappa shape index (κ2) is 7.62. The van der Waals surface area contributed by atoms with Crippen LogP contribution in [-0.2, 0) is 9.59 Å². The van der Waals surface area contributed by atoms with Crippen LogP contribution in [0.1, 0.15) is 24.3 Å². The van der Waals surface area contributed by atoms with E-state index in [0.717, 1.165) is 15.1 Å². The molecule has 130 valence electrons. The Morgan fingerprint density at radius 2 is 2.12 bits per heavy atom. The summed E-state index contributed by atoms with van der Waals surface area (Å²) in [4.78, 5) is 29.2. The van der Waals surface area contributed by atoms with Gasteiger partial charge in [-0.1, -0.05) is 23.5 Å². The van der Waals surface area contributed by atoms with Crippen LogP contribution in [-0.4, -0.2) is 23.9 Å². The molecule has 2 amide bonds. The Morgan fingerprint density at radius 3 is 2.80 bits per heavy atom. The van der Waals surface area contributed by atoms with Gasteiger partial charge in [0.25, 0.3) is 0 Å². The molecule has 25 heavy (non-hydrogen) atoms. The predicted octanol–water partition coefficient (Wildman–Crippen LogP) is 3.57. The third-order valence-corrected chi connectivity index (χ3v) is 5.42. The predicted molar refractivity (Wildman–Crippen MR) is 100 cm³/mol. The van der Waals surface area contributed by atoms with Gasteiger partial charge in [-0.15, -0.1) is 11.3 Å². The van der Waals surface area contributed by atoms with Gasteiger partial charge in [0.1, 0.15) is 11.3 Å². The zero-order valence-electron chi connectivity index (χ0n) is 13.7. The average molecular weight is 375 g/mol. The van der Waals surface area contributed by atoms with Gasteiger partial charge in [0.05, 0.1) is 24.3 Å². The number of methoxy groups -OCH3 is 1. The Kier molecular flexibility index (Phi) is 5.30. The highest BCUT2D eigenvalue weighted by Gasteiger charge is 2.19. The van der Waals surface area contributed by atoms with Crippen LogP contribution in [0.15, 0.2) is 35.7 Å². The first-order chi connectivity index (χ1) is 12.1. The third kappa shape index (κ3) is 4.15. The number of nitrogens with one attached hydrogen (secondary N) is 2. The van der Waals surface area contributed by atoms with Crippen molar-refractivity contribution in [2.24, 2.45) is 0 Å². The summed E-state index contributed by atoms with van der Waals surface area (Å²) in [5, 5.41) is 8.06. The number of anilines is 1. The molecule has 0 aliphatic rings. The van der Waals surface area contributed by atoms with E-state index < -0.39 is 0 Å². The summed E-state index contributed by atoms with van der Waals surface area (Å²) in [6.45, 7) is 1.44. The minimum absolute atomic E-state index is 0.146. The van der Waals surface area contributed by atoms with E-state index in [-0.39, 0.29) is 24.3 Å². The van der Waals surface area contributed by atoms with Crippen LogP contribution in [0.25, 0.3) is 10.2 Å². The normalized spacial score (nSPS) is 11.9. The minimum Gasteiger partial charge on any atom is -0.494 e. The molecule has 2 N–H and O–H groups in total. The van der Waals surface area contributed by atoms with Crippen molar-refractivity contribution in [3.05, 3.63) is 40.6 Å². The van der Waals surface area contributed by atoms with Gasteiger partial charge in [0.15, 0.2) is 5.13 Å². The van der Waals surface area contributed by atoms with Gasteiger partial charge in [-0.25, -0.2) is 4.98 Å². The number of para-hydroxylation sites is 1. The molecule has 0 spiro atoms. The van der Waals surface area contributed by atoms with Crippen LogP contribution in [0, 0.1) is 0 Å². The number of carbonyl (C=O) groups excluding carboxylic acids is 2. The lowest BCUT2D eigenvalue weighted by Gasteiger charge is -2.15. The van der Waals surface area contributed by atoms with Crippen LogP contribution in [0.4, 0.5) is 5.13 Å². The van der Waals surface area contributed by atoms with Gasteiger partial charge in [-0.05, 0) is 23.6 Å². The number of hydrogen-bond donors (Lipinski definition) is 2. The summed E-state index contributed by atoms with van der Waals surface area (Å²) in [6, 6.07) is 9.09. The Bertz CT molecular complexity index is 890. The lowest BCUT2D eigenvalue weighted by Crippen LogP contribution is -2.29. The lowest BCUT2D eigenvalue weighted by molar-refractivity contribution is -0.120. The molecule has 6 nitrogen and oxygen atoms in total. The maximum atomic E-state index is 12.4. The number of nitrogens with zero attached hydrogens (tertiary/aromatic N) is 1. The number of hydrogen-bond acceptors (Lipinski definition) is 6. The van der Waals surface area contributed by atoms with E-state index in [4.69, 9.17) is 4.74 Å². The first-order valence-corrected chi connectivity index (χ1v) is 9.30. The maximum Gasteiger partial charge on any atom is 0.228 e. The number of benzene rings is 1. The summed E-state index contributed by atoms with van der Waals surface area (Å²) in [5.41, 5.74) is 0.724. The van der Waals surface area contributed by atoms with Crippen molar-refractivity contribution in [1.29, 1.82) is 0 Å². The van der Waals surface area contributed by atoms with E-state index in [1.54, 1.807) is 7.11 Å². The molecule has 1 aromatic carbocycles. The summed E-state index contributed by atoms with van der Waals surface area (Å²) >= 11 is 2.89. The molecule has 0 aliphatic heterocycles. The maximum absolute atomic E-state index is 12.4. The third-order valence-electron chi connectivity index (χ3n) is 3.50. The molecule has 0 bridgehead atoms. The highest BCUT2D eigenvalue weighted by atomic mass is 32.1. The first-order valence-electron chi connectivity index (χ1n) is 7.60. The van der Waals surface area contributed by atoms with Crippen LogP contribution >= 0.6 is 22.7 Å². The number of aromatic nitrogens is 1. The molecule has 2 heterocycles. The van der Waals surface area contributed by atoms with Gasteiger partial charge in [-0.2, -0.15) is 0 Å². The monoisotopic (exact) mass is 375 g/mol. The Labute approximate surface area is 152 Å². The van der Waals surface area contributed by atoms with Gasteiger partial charge >= 0.3 is 0 Å². The minimum atomic E-state index is -0.346. The molecule has 0 unspecified atom stereocenters. The standard InChI is InChI=1S/C17H17N3O3S2/c1-10(21)18-11(13-7-4-8-24-13)9-15(22)19-17-20-16-12(23-2)5-3-6-14(16)25-17/h3-8,11H,9H2,1-2H3,(H,18,21)(H,19,20,22)/t11-/m0/s1. The lowest BCUT2D eigenvalue weighted by atomic mass is 10.1. The number of rotatable bonds is 6. The molecule has 8 heteroatoms. The van der Waals surface area contributed by atoms with Crippen LogP contribution in [0.3, 0.4) is 0 Å². The summed E-state index contributed by atoms with van der Waals surface area (Å²) < 4.78 is 6.22. The molecule has 0 aliphatic carbocycles. The quantitative estimate of drug-likeness (QED) is 0.690. The van der Waals surface area contributed by atoms with Gasteiger partial charge in [0.2, 0.25) is 11.8 Å². The van der Waals surface area contributed by atoms with Crippen LogP contribution in [0.5, 0.6) is 5.75 Å². The topological polar surface area (TPSA) is 80.3 Å². The van der Waals surface area contributed by atoms with E-state index in [0.29, 0.717) is 10.9 Å². The van der Waals surface area contributed by atoms with Crippen LogP contribution < -0.4 is 15.4 Å². The average Bonchev–Trinajstić information content (AvgIpc) is 3.22. The molecule has 0 fully saturated rings. The molecular weight excluding hydrogens is 358 g/mol. The van der Waals surface area contributed by atoms with Gasteiger partial charge in [0, 0.05) is 11.8 Å². The van der Waals surface area contributed by atoms with E-state index in [2.05, 4.69) is 15.6 Å². The highest BCUT2D eigenvalue weighted by Crippen LogP contribution is 2.32. The second-order valence-electron chi connectivity index (χ2n) is 5.35. The first kappa shape index (κ1) is 17.4. The van der Waals surface area contributed by atoms with Crippen molar-refractivity contribution in [2.75, 3.05) is 12.4 Å². The molecule has 3 aromatic rings. The Balaban J connectivity index is 1.74. The fraction of sp³-hybridized carbons (Fsp3) is 0.235. The number of thiazole rings is 1. The second-order valence-corrected chi connectivity index (χ2v) is 7.36. The van der Waals surface area contributed by atoms with Crippen LogP contribution in [0.2, 0.25) is 0 Å². The number of ether oxygens (including phenoxy) is 1. The molecule has 1 atom stereocenters. The van der Waals surface area contributed by atoms with E-state index in [9.17, 15) is 9.59 Å². The highest BCUT2D eigenvalue weighted by molar-refractivity contribution is 7.22. The zero-order chi connectivity index (χ0) is 17.8. The summed E-state index contributed by atoms with van der Waals surface area (Å²) in [6.07, 6.45) is 0.146. The van der Waals surface area contributed by atoms with Crippen molar-refractivity contribution < 1.29 is 14.3 Å². The fourth-order valence-electron chi connectivity index (χ4n) is 2.45. The molecule has 2 aromatic heterocycles. The summed E-state index contributed by atoms with van der Waals surface area (Å²) in [5.74, 6) is 0.296. The van der Waals surface area contributed by atoms with Crippen molar-refractivity contribution in [1.82, 2.24) is 10.3 Å². The van der Waals surface area contributed by atoms with E-state index in [1.807, 2.05) is 35.7 Å². The van der Waals surface area contributed by atoms with Crippen molar-refractivity contribution >= 4 is 49.8 Å². The number of thiophene rings is 1. The molecule has 0 saturated carbocycles. The summed E-state index contributed by atoms with van der Waals surface area (Å²) in [7, 11) is 1.59. The largest absolute Gasteiger partial charge is 0.494 e. The van der Waals surface area contributed by atoms with Gasteiger partial charge < -0.3 is 15.4 Å². The van der Waals surface area contributed by atoms with E-state index in [1.165, 1.54) is 29.6 Å². The smallest absolute Gasteiger partial charge is 0.228 e. The molecule has 0 radical (unpaired) electrons. The van der Waals surface area contributed by atoms with Crippen molar-refractivity contribution in [3.8, 4) is 5.75 Å². The van der Waals surface area contributed by atoms with E-state index >= 15 is 0 Å². The SMILES string of the molecule is COc1cccc2sc(NC(=O)C[C@H](NC(C)=O)c3cccs3)nc12. The Morgan fingerprint density at radius 1 is 1.28 bits per heavy atom. The Hall–Kier alpha value is -2.45. The van der Waals surface area contributed by atoms with Crippen molar-refractivity contribution in [2.45, 2.75) is 19.4 Å². The molecule has 3 rings (SSSR count). The molecular formula is C17H17N3O3S2. The fourth-order valence-corrected chi connectivity index (χ4v) is 4.13. The van der Waals surface area contributed by atoms with Crippen molar-refractivity contribution in [3.63, 3.8) is 0 Å². The number of fused-ring (bicyclic) bond motifs is 1. The zero-order valence-corrected chi connectivity index (χ0v) is 15.4.